The minimum atomic E-state index is -0.828. The molecule has 0 fully saturated rings. The lowest BCUT2D eigenvalue weighted by molar-refractivity contribution is -0.137. The van der Waals surface area contributed by atoms with Crippen LogP contribution in [0.25, 0.3) is 10.9 Å². The molecule has 2 aromatic rings. The van der Waals surface area contributed by atoms with E-state index >= 15 is 0 Å². The van der Waals surface area contributed by atoms with Crippen LogP contribution in [0.3, 0.4) is 0 Å². The lowest BCUT2D eigenvalue weighted by Gasteiger charge is -2.08. The first-order chi connectivity index (χ1) is 9.10. The van der Waals surface area contributed by atoms with Crippen molar-refractivity contribution in [3.8, 4) is 0 Å². The number of aromatic nitrogens is 2. The van der Waals surface area contributed by atoms with Crippen molar-refractivity contribution in [1.29, 1.82) is 0 Å². The van der Waals surface area contributed by atoms with Crippen molar-refractivity contribution in [2.45, 2.75) is 12.3 Å². The number of carbonyl (C=O) groups excluding carboxylic acids is 2. The van der Waals surface area contributed by atoms with E-state index in [0.29, 0.717) is 10.9 Å². The number of nitrogens with zero attached hydrogens (tertiary/aromatic N) is 2. The average molecular weight is 325 g/mol. The molecule has 100 valence electrons. The van der Waals surface area contributed by atoms with Gasteiger partial charge in [0.15, 0.2) is 0 Å². The van der Waals surface area contributed by atoms with Crippen LogP contribution in [-0.4, -0.2) is 28.1 Å². The molecule has 0 aliphatic heterocycles. The summed E-state index contributed by atoms with van der Waals surface area (Å²) in [5.74, 6) is -1.45. The number of aryl methyl sites for hydroxylation is 1. The van der Waals surface area contributed by atoms with Crippen LogP contribution in [0.5, 0.6) is 0 Å². The summed E-state index contributed by atoms with van der Waals surface area (Å²) < 4.78 is 6.44. The Labute approximate surface area is 118 Å². The van der Waals surface area contributed by atoms with Crippen molar-refractivity contribution < 1.29 is 14.3 Å². The average Bonchev–Trinajstić information content (AvgIpc) is 2.79. The highest BCUT2D eigenvalue weighted by Crippen LogP contribution is 2.25. The molecule has 0 radical (unpaired) electrons. The highest BCUT2D eigenvalue weighted by Gasteiger charge is 2.22. The maximum atomic E-state index is 12.1. The highest BCUT2D eigenvalue weighted by molar-refractivity contribution is 9.08. The fourth-order valence-electron chi connectivity index (χ4n) is 2.00. The van der Waals surface area contributed by atoms with E-state index in [4.69, 9.17) is 4.74 Å². The molecule has 2 rings (SSSR count). The first-order valence-electron chi connectivity index (χ1n) is 5.81. The number of halogens is 1. The highest BCUT2D eigenvalue weighted by atomic mass is 79.9. The summed E-state index contributed by atoms with van der Waals surface area (Å²) in [6, 6.07) is 3.42. The molecule has 6 heteroatoms. The van der Waals surface area contributed by atoms with Gasteiger partial charge in [0.05, 0.1) is 18.3 Å². The molecule has 1 aromatic carbocycles. The lowest BCUT2D eigenvalue weighted by Crippen LogP contribution is -2.19. The molecule has 0 saturated heterocycles. The summed E-state index contributed by atoms with van der Waals surface area (Å²) in [5.41, 5.74) is 1.94. The Bertz CT molecular complexity index is 649. The number of hydrogen-bond acceptors (Lipinski definition) is 4. The fourth-order valence-corrected chi connectivity index (χ4v) is 2.57. The van der Waals surface area contributed by atoms with Gasteiger partial charge in [0.2, 0.25) is 0 Å². The minimum absolute atomic E-state index is 0.183. The molecule has 0 aliphatic rings. The summed E-state index contributed by atoms with van der Waals surface area (Å²) in [6.45, 7) is 1.85. The minimum Gasteiger partial charge on any atom is -0.460 e. The molecule has 19 heavy (non-hydrogen) atoms. The summed E-state index contributed by atoms with van der Waals surface area (Å²) in [4.78, 5) is 23.6. The molecular formula is C13H13BrN2O3. The van der Waals surface area contributed by atoms with Crippen LogP contribution in [0, 0.1) is 0 Å². The Morgan fingerprint density at radius 3 is 2.79 bits per heavy atom. The summed E-state index contributed by atoms with van der Waals surface area (Å²) >= 11 is 3.36. The van der Waals surface area contributed by atoms with Crippen LogP contribution in [0.15, 0.2) is 18.3 Å². The number of fused-ring (bicyclic) bond motifs is 1. The standard InChI is InChI=1S/C13H13BrN2O3/c1-3-19-13(18)12(17)9-5-4-8-7-15-16(2)11(8)10(9)6-14/h4-5,7H,3,6H2,1-2H3. The first kappa shape index (κ1) is 13.7. The van der Waals surface area contributed by atoms with E-state index in [2.05, 4.69) is 21.0 Å². The molecule has 0 atom stereocenters. The first-order valence-corrected chi connectivity index (χ1v) is 6.93. The van der Waals surface area contributed by atoms with Gasteiger partial charge in [-0.2, -0.15) is 5.10 Å². The number of hydrogen-bond donors (Lipinski definition) is 0. The summed E-state index contributed by atoms with van der Waals surface area (Å²) in [7, 11) is 1.80. The topological polar surface area (TPSA) is 61.2 Å². The third kappa shape index (κ3) is 2.40. The number of alkyl halides is 1. The number of benzene rings is 1. The zero-order valence-electron chi connectivity index (χ0n) is 10.6. The maximum absolute atomic E-state index is 12.1. The van der Waals surface area contributed by atoms with Gasteiger partial charge in [0.25, 0.3) is 5.78 Å². The molecule has 1 aromatic heterocycles. The molecule has 0 N–H and O–H groups in total. The smallest absolute Gasteiger partial charge is 0.379 e. The number of esters is 1. The summed E-state index contributed by atoms with van der Waals surface area (Å²) in [6.07, 6.45) is 1.72. The maximum Gasteiger partial charge on any atom is 0.379 e. The molecular weight excluding hydrogens is 312 g/mol. The van der Waals surface area contributed by atoms with Crippen LogP contribution < -0.4 is 0 Å². The molecule has 0 unspecified atom stereocenters. The fraction of sp³-hybridized carbons (Fsp3) is 0.308. The molecule has 0 amide bonds. The van der Waals surface area contributed by atoms with Gasteiger partial charge in [-0.05, 0) is 13.0 Å². The second-order valence-electron chi connectivity index (χ2n) is 3.98. The van der Waals surface area contributed by atoms with Crippen molar-refractivity contribution in [3.05, 3.63) is 29.5 Å². The van der Waals surface area contributed by atoms with Crippen molar-refractivity contribution in [1.82, 2.24) is 9.78 Å². The van der Waals surface area contributed by atoms with E-state index in [1.54, 1.807) is 37.0 Å². The van der Waals surface area contributed by atoms with Crippen LogP contribution in [0.4, 0.5) is 0 Å². The van der Waals surface area contributed by atoms with Crippen LogP contribution in [0.2, 0.25) is 0 Å². The monoisotopic (exact) mass is 324 g/mol. The Morgan fingerprint density at radius 1 is 1.42 bits per heavy atom. The Morgan fingerprint density at radius 2 is 2.16 bits per heavy atom. The SMILES string of the molecule is CCOC(=O)C(=O)c1ccc2cnn(C)c2c1CBr. The number of carbonyl (C=O) groups is 2. The van der Waals surface area contributed by atoms with Crippen LogP contribution in [0.1, 0.15) is 22.8 Å². The molecule has 0 spiro atoms. The molecule has 5 nitrogen and oxygen atoms in total. The third-order valence-corrected chi connectivity index (χ3v) is 3.41. The number of Topliss-reactive ketones (excluding diaryl/α,β-unsaturated/α-hetero) is 1. The van der Waals surface area contributed by atoms with Crippen LogP contribution in [-0.2, 0) is 21.9 Å². The predicted molar refractivity (Wildman–Crippen MR) is 74.3 cm³/mol. The zero-order valence-corrected chi connectivity index (χ0v) is 12.2. The second-order valence-corrected chi connectivity index (χ2v) is 4.54. The van der Waals surface area contributed by atoms with Gasteiger partial charge in [-0.3, -0.25) is 9.48 Å². The number of ether oxygens (including phenoxy) is 1. The Hall–Kier alpha value is -1.69. The van der Waals surface area contributed by atoms with Gasteiger partial charge in [-0.1, -0.05) is 22.0 Å². The number of ketones is 1. The Balaban J connectivity index is 2.57. The van der Waals surface area contributed by atoms with E-state index in [9.17, 15) is 9.59 Å². The molecule has 0 saturated carbocycles. The van der Waals surface area contributed by atoms with Gasteiger partial charge in [-0.15, -0.1) is 0 Å². The zero-order chi connectivity index (χ0) is 14.0. The van der Waals surface area contributed by atoms with Gasteiger partial charge in [-0.25, -0.2) is 4.79 Å². The van der Waals surface area contributed by atoms with Crippen molar-refractivity contribution in [3.63, 3.8) is 0 Å². The van der Waals surface area contributed by atoms with E-state index in [-0.39, 0.29) is 6.61 Å². The van der Waals surface area contributed by atoms with E-state index in [1.165, 1.54) is 0 Å². The Kier molecular flexibility index (Phi) is 3.99. The molecule has 1 heterocycles. The van der Waals surface area contributed by atoms with Gasteiger partial charge in [0.1, 0.15) is 0 Å². The third-order valence-electron chi connectivity index (χ3n) is 2.85. The van der Waals surface area contributed by atoms with Crippen molar-refractivity contribution in [2.24, 2.45) is 7.05 Å². The number of rotatable bonds is 4. The largest absolute Gasteiger partial charge is 0.460 e. The second kappa shape index (κ2) is 5.52. The van der Waals surface area contributed by atoms with Crippen molar-refractivity contribution >= 4 is 38.6 Å². The lowest BCUT2D eigenvalue weighted by atomic mass is 10.0. The van der Waals surface area contributed by atoms with E-state index in [1.807, 2.05) is 0 Å². The summed E-state index contributed by atoms with van der Waals surface area (Å²) in [5, 5.41) is 5.55. The van der Waals surface area contributed by atoms with E-state index in [0.717, 1.165) is 16.5 Å². The molecule has 0 bridgehead atoms. The van der Waals surface area contributed by atoms with E-state index < -0.39 is 11.8 Å². The van der Waals surface area contributed by atoms with Gasteiger partial charge >= 0.3 is 5.97 Å². The normalized spacial score (nSPS) is 10.7. The van der Waals surface area contributed by atoms with Crippen molar-refractivity contribution in [2.75, 3.05) is 6.61 Å². The molecule has 0 aliphatic carbocycles. The van der Waals surface area contributed by atoms with Gasteiger partial charge < -0.3 is 4.74 Å². The predicted octanol–water partition coefficient (Wildman–Crippen LogP) is 2.21. The van der Waals surface area contributed by atoms with Crippen LogP contribution >= 0.6 is 15.9 Å². The van der Waals surface area contributed by atoms with Gasteiger partial charge in [0, 0.05) is 28.9 Å². The quantitative estimate of drug-likeness (QED) is 0.374.